The maximum absolute atomic E-state index is 9.15. The molecular weight excluding hydrogens is 709 g/mol. The third-order valence-corrected chi connectivity index (χ3v) is 11.8. The molecule has 5 N–H and O–H groups in total. The SMILES string of the molecule is OCCSCCCOC[C@H]1O[C@H](OCCCSCCO)[C@@H](OCCCSCCO)[C@@H](OCCCSCCO)[C@@H]1OCCCSCCO. The van der Waals surface area contributed by atoms with Gasteiger partial charge in [0.15, 0.2) is 6.29 Å². The molecule has 0 aromatic heterocycles. The lowest BCUT2D eigenvalue weighted by molar-refractivity contribution is -0.323. The summed E-state index contributed by atoms with van der Waals surface area (Å²) < 4.78 is 38.7. The van der Waals surface area contributed by atoms with Crippen molar-refractivity contribution in [3.8, 4) is 0 Å². The number of hydrogen-bond donors (Lipinski definition) is 5. The molecular formula is C31H62O11S5. The van der Waals surface area contributed by atoms with Crippen molar-refractivity contribution in [2.75, 3.05) is 130 Å². The van der Waals surface area contributed by atoms with Crippen molar-refractivity contribution in [2.45, 2.75) is 62.8 Å². The van der Waals surface area contributed by atoms with Gasteiger partial charge in [0.05, 0.1) is 46.2 Å². The van der Waals surface area contributed by atoms with E-state index in [0.29, 0.717) is 62.7 Å². The summed E-state index contributed by atoms with van der Waals surface area (Å²) in [6.45, 7) is 3.65. The second kappa shape index (κ2) is 35.7. The van der Waals surface area contributed by atoms with Crippen LogP contribution in [0, 0.1) is 0 Å². The average Bonchev–Trinajstić information content (AvgIpc) is 3.08. The second-order valence-corrected chi connectivity index (χ2v) is 16.6. The Balaban J connectivity index is 3.07. The van der Waals surface area contributed by atoms with Crippen molar-refractivity contribution in [1.29, 1.82) is 0 Å². The predicted molar refractivity (Wildman–Crippen MR) is 200 cm³/mol. The first kappa shape index (κ1) is 46.3. The normalized spacial score (nSPS) is 21.5. The summed E-state index contributed by atoms with van der Waals surface area (Å²) in [5.41, 5.74) is 0. The molecule has 1 aliphatic heterocycles. The standard InChI is InChI=1S/C31H62O11S5/c32-6-21-43-16-1-11-37-26-27-28(38-12-2-17-44-22-7-33)29(39-13-3-18-45-23-8-34)30(40-14-4-19-46-24-9-35)31(42-27)41-15-5-20-47-25-10-36/h27-36H,1-26H2/t27-,28-,29+,30+,31+/m1/s1. The molecule has 0 radical (unpaired) electrons. The summed E-state index contributed by atoms with van der Waals surface area (Å²) in [5, 5.41) is 45.6. The minimum Gasteiger partial charge on any atom is -0.396 e. The van der Waals surface area contributed by atoms with E-state index in [1.165, 1.54) is 0 Å². The average molecular weight is 771 g/mol. The van der Waals surface area contributed by atoms with Crippen LogP contribution >= 0.6 is 58.8 Å². The molecule has 0 aliphatic carbocycles. The lowest BCUT2D eigenvalue weighted by atomic mass is 9.98. The highest BCUT2D eigenvalue weighted by Gasteiger charge is 2.48. The molecule has 11 nitrogen and oxygen atoms in total. The van der Waals surface area contributed by atoms with Crippen LogP contribution in [0.3, 0.4) is 0 Å². The summed E-state index contributed by atoms with van der Waals surface area (Å²) in [7, 11) is 0. The third kappa shape index (κ3) is 25.0. The van der Waals surface area contributed by atoms with Gasteiger partial charge in [0.1, 0.15) is 24.4 Å². The molecule has 0 unspecified atom stereocenters. The Morgan fingerprint density at radius 1 is 0.404 bits per heavy atom. The molecule has 0 saturated carbocycles. The maximum atomic E-state index is 9.15. The Labute approximate surface area is 304 Å². The summed E-state index contributed by atoms with van der Waals surface area (Å²) in [5.74, 6) is 7.89. The lowest BCUT2D eigenvalue weighted by Gasteiger charge is -2.46. The molecule has 1 aliphatic rings. The topological polar surface area (TPSA) is 157 Å². The first-order chi connectivity index (χ1) is 23.2. The molecule has 282 valence electrons. The van der Waals surface area contributed by atoms with E-state index in [9.17, 15) is 0 Å². The van der Waals surface area contributed by atoms with E-state index in [-0.39, 0.29) is 33.0 Å². The Morgan fingerprint density at radius 3 is 1.19 bits per heavy atom. The number of ether oxygens (including phenoxy) is 6. The quantitative estimate of drug-likeness (QED) is 0.0592. The van der Waals surface area contributed by atoms with Gasteiger partial charge < -0.3 is 54.0 Å². The molecule has 47 heavy (non-hydrogen) atoms. The van der Waals surface area contributed by atoms with E-state index in [1.807, 2.05) is 0 Å². The van der Waals surface area contributed by atoms with Gasteiger partial charge in [0, 0.05) is 55.2 Å². The zero-order chi connectivity index (χ0) is 34.0. The summed E-state index contributed by atoms with van der Waals surface area (Å²) >= 11 is 8.46. The molecule has 16 heteroatoms. The smallest absolute Gasteiger partial charge is 0.186 e. The van der Waals surface area contributed by atoms with Crippen LogP contribution in [-0.2, 0) is 28.4 Å². The van der Waals surface area contributed by atoms with Gasteiger partial charge in [-0.25, -0.2) is 0 Å². The Kier molecular flexibility index (Phi) is 35.2. The molecule has 0 aromatic rings. The highest BCUT2D eigenvalue weighted by molar-refractivity contribution is 8.00. The number of aliphatic hydroxyl groups excluding tert-OH is 5. The second-order valence-electron chi connectivity index (χ2n) is 10.4. The van der Waals surface area contributed by atoms with Crippen LogP contribution in [0.25, 0.3) is 0 Å². The molecule has 5 atom stereocenters. The first-order valence-electron chi connectivity index (χ1n) is 16.9. The summed E-state index contributed by atoms with van der Waals surface area (Å²) in [4.78, 5) is 0. The fourth-order valence-corrected chi connectivity index (χ4v) is 7.79. The molecule has 1 saturated heterocycles. The molecule has 0 bridgehead atoms. The van der Waals surface area contributed by atoms with Crippen molar-refractivity contribution < 1.29 is 54.0 Å². The van der Waals surface area contributed by atoms with Crippen LogP contribution in [0.2, 0.25) is 0 Å². The summed E-state index contributed by atoms with van der Waals surface area (Å²) in [6, 6.07) is 0. The van der Waals surface area contributed by atoms with Gasteiger partial charge in [-0.15, -0.1) is 0 Å². The monoisotopic (exact) mass is 770 g/mol. The number of aliphatic hydroxyl groups is 5. The zero-order valence-electron chi connectivity index (χ0n) is 28.0. The van der Waals surface area contributed by atoms with Crippen molar-refractivity contribution in [3.63, 3.8) is 0 Å². The first-order valence-corrected chi connectivity index (χ1v) is 22.6. The zero-order valence-corrected chi connectivity index (χ0v) is 32.1. The van der Waals surface area contributed by atoms with Gasteiger partial charge in [-0.1, -0.05) is 0 Å². The largest absolute Gasteiger partial charge is 0.396 e. The number of hydrogen-bond acceptors (Lipinski definition) is 16. The fourth-order valence-electron chi connectivity index (χ4n) is 4.51. The maximum Gasteiger partial charge on any atom is 0.186 e. The minimum absolute atomic E-state index is 0.156. The van der Waals surface area contributed by atoms with E-state index in [2.05, 4.69) is 0 Å². The molecule has 1 fully saturated rings. The van der Waals surface area contributed by atoms with Crippen LogP contribution in [-0.4, -0.2) is 186 Å². The van der Waals surface area contributed by atoms with E-state index in [0.717, 1.165) is 66.6 Å². The molecule has 1 rings (SSSR count). The van der Waals surface area contributed by atoms with Gasteiger partial charge in [0.25, 0.3) is 0 Å². The van der Waals surface area contributed by atoms with Crippen molar-refractivity contribution in [2.24, 2.45) is 0 Å². The van der Waals surface area contributed by atoms with Crippen molar-refractivity contribution in [3.05, 3.63) is 0 Å². The van der Waals surface area contributed by atoms with Gasteiger partial charge in [-0.05, 0) is 60.9 Å². The Morgan fingerprint density at radius 2 is 0.766 bits per heavy atom. The van der Waals surface area contributed by atoms with Crippen LogP contribution < -0.4 is 0 Å². The lowest BCUT2D eigenvalue weighted by Crippen LogP contribution is -2.62. The van der Waals surface area contributed by atoms with Gasteiger partial charge >= 0.3 is 0 Å². The number of rotatable bonds is 36. The van der Waals surface area contributed by atoms with E-state index >= 15 is 0 Å². The minimum atomic E-state index is -0.676. The van der Waals surface area contributed by atoms with Crippen LogP contribution in [0.5, 0.6) is 0 Å². The van der Waals surface area contributed by atoms with Gasteiger partial charge in [-0.2, -0.15) is 58.8 Å². The van der Waals surface area contributed by atoms with Gasteiger partial charge in [-0.3, -0.25) is 0 Å². The van der Waals surface area contributed by atoms with E-state index in [4.69, 9.17) is 54.0 Å². The molecule has 1 heterocycles. The van der Waals surface area contributed by atoms with Crippen LogP contribution in [0.1, 0.15) is 32.1 Å². The highest BCUT2D eigenvalue weighted by Crippen LogP contribution is 2.30. The van der Waals surface area contributed by atoms with E-state index < -0.39 is 30.7 Å². The Hall–Kier alpha value is 1.31. The van der Waals surface area contributed by atoms with Crippen molar-refractivity contribution >= 4 is 58.8 Å². The molecule has 0 spiro atoms. The van der Waals surface area contributed by atoms with Crippen molar-refractivity contribution in [1.82, 2.24) is 0 Å². The summed E-state index contributed by atoms with van der Waals surface area (Å²) in [6.07, 6.45) is 1.58. The Bertz CT molecular complexity index is 651. The molecule has 0 amide bonds. The van der Waals surface area contributed by atoms with Gasteiger partial charge in [0.2, 0.25) is 0 Å². The van der Waals surface area contributed by atoms with Crippen LogP contribution in [0.4, 0.5) is 0 Å². The van der Waals surface area contributed by atoms with E-state index in [1.54, 1.807) is 58.8 Å². The predicted octanol–water partition coefficient (Wildman–Crippen LogP) is 2.48. The fraction of sp³-hybridized carbons (Fsp3) is 1.00. The van der Waals surface area contributed by atoms with Crippen LogP contribution in [0.15, 0.2) is 0 Å². The molecule has 0 aromatic carbocycles. The number of thioether (sulfide) groups is 5. The highest BCUT2D eigenvalue weighted by atomic mass is 32.2. The third-order valence-electron chi connectivity index (χ3n) is 6.57.